The van der Waals surface area contributed by atoms with Gasteiger partial charge in [-0.05, 0) is 37.8 Å². The Hall–Kier alpha value is -2.84. The van der Waals surface area contributed by atoms with Crippen molar-refractivity contribution in [3.05, 3.63) is 57.6 Å². The van der Waals surface area contributed by atoms with Crippen molar-refractivity contribution < 1.29 is 14.3 Å². The molecule has 1 aliphatic heterocycles. The number of carbonyl (C=O) groups is 1. The average Bonchev–Trinajstić information content (AvgIpc) is 3.39. The van der Waals surface area contributed by atoms with Crippen LogP contribution in [-0.4, -0.2) is 39.6 Å². The number of aromatic nitrogens is 4. The Morgan fingerprint density at radius 1 is 1.37 bits per heavy atom. The molecule has 30 heavy (non-hydrogen) atoms. The van der Waals surface area contributed by atoms with Crippen LogP contribution in [0, 0.1) is 0 Å². The third kappa shape index (κ3) is 3.16. The van der Waals surface area contributed by atoms with Gasteiger partial charge in [0.2, 0.25) is 0 Å². The molecule has 0 radical (unpaired) electrons. The minimum Gasteiger partial charge on any atom is -0.495 e. The van der Waals surface area contributed by atoms with Crippen molar-refractivity contribution in [1.29, 1.82) is 0 Å². The van der Waals surface area contributed by atoms with E-state index in [2.05, 4.69) is 20.6 Å². The molecule has 1 atom stereocenters. The Morgan fingerprint density at radius 2 is 2.23 bits per heavy atom. The number of rotatable bonds is 4. The van der Waals surface area contributed by atoms with Gasteiger partial charge in [-0.1, -0.05) is 17.7 Å². The van der Waals surface area contributed by atoms with E-state index in [1.807, 2.05) is 12.1 Å². The number of carbonyl (C=O) groups excluding carboxylic acids is 1. The molecule has 2 aromatic heterocycles. The van der Waals surface area contributed by atoms with Crippen molar-refractivity contribution in [3.63, 3.8) is 0 Å². The van der Waals surface area contributed by atoms with Gasteiger partial charge in [0.1, 0.15) is 10.8 Å². The van der Waals surface area contributed by atoms with Gasteiger partial charge in [-0.25, -0.2) is 4.68 Å². The van der Waals surface area contributed by atoms with Crippen LogP contribution in [0.4, 0.5) is 0 Å². The SMILES string of the molecule is COc1cccc(-n2ncc3c2COC[C@@H]3NC(=O)c2n[nH]c3c2CCCC3)c1Cl. The summed E-state index contributed by atoms with van der Waals surface area (Å²) in [5, 5.41) is 15.4. The molecule has 0 saturated carbocycles. The van der Waals surface area contributed by atoms with Crippen molar-refractivity contribution in [2.24, 2.45) is 0 Å². The topological polar surface area (TPSA) is 94.1 Å². The summed E-state index contributed by atoms with van der Waals surface area (Å²) in [7, 11) is 1.58. The quantitative estimate of drug-likeness (QED) is 0.667. The third-order valence-corrected chi connectivity index (χ3v) is 6.15. The van der Waals surface area contributed by atoms with Crippen molar-refractivity contribution >= 4 is 17.5 Å². The summed E-state index contributed by atoms with van der Waals surface area (Å²) >= 11 is 6.49. The first-order chi connectivity index (χ1) is 14.7. The van der Waals surface area contributed by atoms with Crippen molar-refractivity contribution in [3.8, 4) is 11.4 Å². The second-order valence-electron chi connectivity index (χ2n) is 7.53. The predicted octanol–water partition coefficient (Wildman–Crippen LogP) is 3.14. The Morgan fingerprint density at radius 3 is 3.10 bits per heavy atom. The van der Waals surface area contributed by atoms with E-state index >= 15 is 0 Å². The molecule has 1 amide bonds. The zero-order valence-corrected chi connectivity index (χ0v) is 17.3. The summed E-state index contributed by atoms with van der Waals surface area (Å²) in [6.45, 7) is 0.760. The second-order valence-corrected chi connectivity index (χ2v) is 7.91. The lowest BCUT2D eigenvalue weighted by atomic mass is 9.95. The number of aromatic amines is 1. The van der Waals surface area contributed by atoms with E-state index < -0.39 is 0 Å². The fourth-order valence-electron chi connectivity index (χ4n) is 4.23. The van der Waals surface area contributed by atoms with Crippen LogP contribution in [0.5, 0.6) is 5.75 Å². The monoisotopic (exact) mass is 427 g/mol. The van der Waals surface area contributed by atoms with Crippen LogP contribution in [-0.2, 0) is 24.2 Å². The third-order valence-electron chi connectivity index (χ3n) is 5.77. The molecule has 2 N–H and O–H groups in total. The number of halogens is 1. The van der Waals surface area contributed by atoms with Gasteiger partial charge in [0.05, 0.1) is 43.9 Å². The molecular weight excluding hydrogens is 406 g/mol. The van der Waals surface area contributed by atoms with E-state index in [9.17, 15) is 4.79 Å². The summed E-state index contributed by atoms with van der Waals surface area (Å²) < 4.78 is 12.8. The van der Waals surface area contributed by atoms with Crippen LogP contribution in [0.2, 0.25) is 5.02 Å². The van der Waals surface area contributed by atoms with E-state index in [0.717, 1.165) is 48.2 Å². The van der Waals surface area contributed by atoms with E-state index in [1.54, 1.807) is 24.1 Å². The number of amides is 1. The first-order valence-corrected chi connectivity index (χ1v) is 10.4. The molecule has 0 spiro atoms. The molecule has 0 bridgehead atoms. The number of H-pyrrole nitrogens is 1. The zero-order valence-electron chi connectivity index (χ0n) is 16.6. The number of aryl methyl sites for hydroxylation is 1. The van der Waals surface area contributed by atoms with E-state index in [4.69, 9.17) is 21.1 Å². The van der Waals surface area contributed by atoms with Gasteiger partial charge in [0, 0.05) is 16.8 Å². The molecule has 0 fully saturated rings. The molecule has 3 heterocycles. The number of nitrogens with zero attached hydrogens (tertiary/aromatic N) is 3. The van der Waals surface area contributed by atoms with E-state index in [-0.39, 0.29) is 11.9 Å². The molecule has 8 nitrogen and oxygen atoms in total. The lowest BCUT2D eigenvalue weighted by Gasteiger charge is -2.24. The highest BCUT2D eigenvalue weighted by molar-refractivity contribution is 6.33. The van der Waals surface area contributed by atoms with Gasteiger partial charge in [0.15, 0.2) is 5.69 Å². The van der Waals surface area contributed by atoms with Crippen LogP contribution in [0.1, 0.15) is 51.9 Å². The first kappa shape index (κ1) is 19.1. The molecule has 5 rings (SSSR count). The molecular formula is C21H22ClN5O3. The first-order valence-electron chi connectivity index (χ1n) is 10.0. The van der Waals surface area contributed by atoms with Crippen LogP contribution in [0.15, 0.2) is 24.4 Å². The van der Waals surface area contributed by atoms with Gasteiger partial charge in [-0.15, -0.1) is 0 Å². The van der Waals surface area contributed by atoms with Crippen molar-refractivity contribution in [1.82, 2.24) is 25.3 Å². The van der Waals surface area contributed by atoms with Crippen LogP contribution in [0.3, 0.4) is 0 Å². The van der Waals surface area contributed by atoms with Gasteiger partial charge in [0.25, 0.3) is 5.91 Å². The second kappa shape index (κ2) is 7.77. The number of ether oxygens (including phenoxy) is 2. The Bertz CT molecular complexity index is 1110. The fraction of sp³-hybridized carbons (Fsp3) is 0.381. The number of fused-ring (bicyclic) bond motifs is 2. The molecule has 1 aliphatic carbocycles. The van der Waals surface area contributed by atoms with Gasteiger partial charge in [-0.2, -0.15) is 10.2 Å². The molecule has 3 aromatic rings. The number of nitrogens with one attached hydrogen (secondary N) is 2. The van der Waals surface area contributed by atoms with Gasteiger partial charge in [-0.3, -0.25) is 9.89 Å². The summed E-state index contributed by atoms with van der Waals surface area (Å²) in [5.41, 5.74) is 5.07. The van der Waals surface area contributed by atoms with Crippen LogP contribution in [0.25, 0.3) is 5.69 Å². The maximum Gasteiger partial charge on any atom is 0.272 e. The van der Waals surface area contributed by atoms with Crippen LogP contribution < -0.4 is 10.1 Å². The number of hydrogen-bond donors (Lipinski definition) is 2. The normalized spacial score (nSPS) is 17.9. The molecule has 0 unspecified atom stereocenters. The Balaban J connectivity index is 1.43. The molecule has 1 aromatic carbocycles. The smallest absolute Gasteiger partial charge is 0.272 e. The van der Waals surface area contributed by atoms with E-state index in [0.29, 0.717) is 35.4 Å². The molecule has 156 valence electrons. The highest BCUT2D eigenvalue weighted by atomic mass is 35.5. The highest BCUT2D eigenvalue weighted by Gasteiger charge is 2.30. The average molecular weight is 428 g/mol. The summed E-state index contributed by atoms with van der Waals surface area (Å²) in [4.78, 5) is 13.0. The summed E-state index contributed by atoms with van der Waals surface area (Å²) in [6, 6.07) is 5.22. The van der Waals surface area contributed by atoms with Crippen LogP contribution >= 0.6 is 11.6 Å². The van der Waals surface area contributed by atoms with E-state index in [1.165, 1.54) is 0 Å². The fourth-order valence-corrected chi connectivity index (χ4v) is 4.51. The standard InChI is InChI=1S/C21H22ClN5O3/c1-29-18-8-4-7-16(19(18)22)27-17-11-30-10-15(13(17)9-23-27)24-21(28)20-12-5-2-3-6-14(12)25-26-20/h4,7-9,15H,2-3,5-6,10-11H2,1H3,(H,24,28)(H,25,26)/t15-/m0/s1. The Kier molecular flexibility index (Phi) is 4.96. The summed E-state index contributed by atoms with van der Waals surface area (Å²) in [6.07, 6.45) is 5.80. The number of hydrogen-bond acceptors (Lipinski definition) is 5. The van der Waals surface area contributed by atoms with Gasteiger partial charge < -0.3 is 14.8 Å². The lowest BCUT2D eigenvalue weighted by Crippen LogP contribution is -2.35. The molecule has 9 heteroatoms. The number of benzene rings is 1. The highest BCUT2D eigenvalue weighted by Crippen LogP contribution is 2.34. The Labute approximate surface area is 178 Å². The van der Waals surface area contributed by atoms with Crippen molar-refractivity contribution in [2.45, 2.75) is 38.3 Å². The minimum atomic E-state index is -0.310. The molecule has 0 saturated heterocycles. The van der Waals surface area contributed by atoms with Crippen molar-refractivity contribution in [2.75, 3.05) is 13.7 Å². The summed E-state index contributed by atoms with van der Waals surface area (Å²) in [5.74, 6) is 0.381. The predicted molar refractivity (Wildman–Crippen MR) is 110 cm³/mol. The maximum atomic E-state index is 13.0. The lowest BCUT2D eigenvalue weighted by molar-refractivity contribution is 0.0684. The maximum absolute atomic E-state index is 13.0. The zero-order chi connectivity index (χ0) is 20.7. The largest absolute Gasteiger partial charge is 0.495 e. The number of methoxy groups -OCH3 is 1. The molecule has 2 aliphatic rings. The minimum absolute atomic E-state index is 0.192. The van der Waals surface area contributed by atoms with Gasteiger partial charge >= 0.3 is 0 Å².